The average Bonchev–Trinajstić information content (AvgIpc) is 2.00. The molecule has 10 heavy (non-hydrogen) atoms. The molecule has 0 spiro atoms. The second-order valence-electron chi connectivity index (χ2n) is 1.38. The van der Waals surface area contributed by atoms with E-state index < -0.39 is 11.1 Å². The predicted octanol–water partition coefficient (Wildman–Crippen LogP) is -0.921. The molecule has 0 radical (unpaired) electrons. The van der Waals surface area contributed by atoms with Crippen molar-refractivity contribution in [1.82, 2.24) is 0 Å². The molecule has 4 nitrogen and oxygen atoms in total. The van der Waals surface area contributed by atoms with Crippen LogP contribution in [0.4, 0.5) is 0 Å². The first kappa shape index (κ1) is 8.42. The quantitative estimate of drug-likeness (QED) is 0.219. The number of rotatable bonds is 4. The Morgan fingerprint density at radius 3 is 0.900 bits per heavy atom. The van der Waals surface area contributed by atoms with Crippen molar-refractivity contribution in [2.45, 2.75) is 0 Å². The third-order valence-electron chi connectivity index (χ3n) is 0.841. The van der Waals surface area contributed by atoms with Crippen LogP contribution >= 0.6 is 0 Å². The first-order valence-corrected chi connectivity index (χ1v) is 2.35. The van der Waals surface area contributed by atoms with Crippen molar-refractivity contribution < 1.29 is 19.2 Å². The van der Waals surface area contributed by atoms with E-state index in [9.17, 15) is 19.2 Å². The molecule has 52 valence electrons. The van der Waals surface area contributed by atoms with Crippen molar-refractivity contribution in [2.75, 3.05) is 0 Å². The minimum absolute atomic E-state index is 0.158. The van der Waals surface area contributed by atoms with E-state index in [1.165, 1.54) is 0 Å². The van der Waals surface area contributed by atoms with Crippen LogP contribution in [0.3, 0.4) is 0 Å². The Morgan fingerprint density at radius 2 is 0.800 bits per heavy atom. The lowest BCUT2D eigenvalue weighted by Crippen LogP contribution is -1.97. The van der Waals surface area contributed by atoms with Gasteiger partial charge in [0.2, 0.25) is 0 Å². The van der Waals surface area contributed by atoms with Crippen LogP contribution in [0.1, 0.15) is 0 Å². The van der Waals surface area contributed by atoms with Gasteiger partial charge < -0.3 is 0 Å². The molecular weight excluding hydrogens is 136 g/mol. The van der Waals surface area contributed by atoms with Gasteiger partial charge in [-0.1, -0.05) is 0 Å². The zero-order valence-electron chi connectivity index (χ0n) is 4.94. The number of hydrogen-bond donors (Lipinski definition) is 0. The largest absolute Gasteiger partial charge is 0.298 e. The summed E-state index contributed by atoms with van der Waals surface area (Å²) in [5.74, 6) is 0. The average molecular weight is 140 g/mol. The zero-order valence-corrected chi connectivity index (χ0v) is 4.94. The maximum absolute atomic E-state index is 9.89. The summed E-state index contributed by atoms with van der Waals surface area (Å²) in [6.45, 7) is 0. The molecule has 0 aliphatic rings. The lowest BCUT2D eigenvalue weighted by molar-refractivity contribution is -0.113. The van der Waals surface area contributed by atoms with Gasteiger partial charge in [-0.05, 0) is 0 Å². The normalized spacial score (nSPS) is 7.60. The Balaban J connectivity index is 4.85. The summed E-state index contributed by atoms with van der Waals surface area (Å²) in [7, 11) is 0. The van der Waals surface area contributed by atoms with Gasteiger partial charge in [0.05, 0.1) is 11.1 Å². The molecular formula is C6H4O4. The zero-order chi connectivity index (χ0) is 7.98. The lowest BCUT2D eigenvalue weighted by Gasteiger charge is -1.84. The number of hydrogen-bond acceptors (Lipinski definition) is 4. The molecule has 0 N–H and O–H groups in total. The number of aldehydes is 4. The first-order valence-electron chi connectivity index (χ1n) is 2.35. The Morgan fingerprint density at radius 1 is 0.600 bits per heavy atom. The molecule has 0 aromatic heterocycles. The highest BCUT2D eigenvalue weighted by molar-refractivity contribution is 6.14. The van der Waals surface area contributed by atoms with Crippen LogP contribution in [-0.2, 0) is 19.2 Å². The minimum Gasteiger partial charge on any atom is -0.298 e. The van der Waals surface area contributed by atoms with E-state index >= 15 is 0 Å². The monoisotopic (exact) mass is 140 g/mol. The lowest BCUT2D eigenvalue weighted by atomic mass is 10.2. The molecule has 0 bridgehead atoms. The van der Waals surface area contributed by atoms with Gasteiger partial charge in [0, 0.05) is 0 Å². The van der Waals surface area contributed by atoms with E-state index in [2.05, 4.69) is 0 Å². The molecule has 0 aromatic rings. The highest BCUT2D eigenvalue weighted by atomic mass is 16.1. The van der Waals surface area contributed by atoms with Gasteiger partial charge in [-0.25, -0.2) is 0 Å². The number of carbonyl (C=O) groups is 4. The summed E-state index contributed by atoms with van der Waals surface area (Å²) in [6.07, 6.45) is 0.631. The first-order chi connectivity index (χ1) is 4.79. The Hall–Kier alpha value is -1.58. The highest BCUT2D eigenvalue weighted by Gasteiger charge is 2.01. The maximum Gasteiger partial charge on any atom is 0.154 e. The fourth-order valence-corrected chi connectivity index (χ4v) is 0.328. The van der Waals surface area contributed by atoms with Gasteiger partial charge in [0.25, 0.3) is 0 Å². The number of allylic oxidation sites excluding steroid dienone is 2. The van der Waals surface area contributed by atoms with Crippen LogP contribution in [0, 0.1) is 0 Å². The summed E-state index contributed by atoms with van der Waals surface area (Å²) in [4.78, 5) is 39.6. The van der Waals surface area contributed by atoms with Crippen molar-refractivity contribution in [3.63, 3.8) is 0 Å². The maximum atomic E-state index is 9.89. The Labute approximate surface area is 56.5 Å². The topological polar surface area (TPSA) is 68.3 Å². The van der Waals surface area contributed by atoms with Gasteiger partial charge in [0.15, 0.2) is 25.1 Å². The fourth-order valence-electron chi connectivity index (χ4n) is 0.328. The van der Waals surface area contributed by atoms with Crippen LogP contribution in [0.5, 0.6) is 0 Å². The summed E-state index contributed by atoms with van der Waals surface area (Å²) in [6, 6.07) is 0. The Bertz CT molecular complexity index is 160. The van der Waals surface area contributed by atoms with Gasteiger partial charge >= 0.3 is 0 Å². The Kier molecular flexibility index (Phi) is 3.63. The van der Waals surface area contributed by atoms with Crippen molar-refractivity contribution in [3.8, 4) is 0 Å². The van der Waals surface area contributed by atoms with E-state index in [4.69, 9.17) is 0 Å². The van der Waals surface area contributed by atoms with Crippen LogP contribution in [0.15, 0.2) is 11.1 Å². The molecule has 0 aliphatic heterocycles. The van der Waals surface area contributed by atoms with Crippen molar-refractivity contribution >= 4 is 25.1 Å². The van der Waals surface area contributed by atoms with E-state index in [1.54, 1.807) is 0 Å². The van der Waals surface area contributed by atoms with Crippen LogP contribution in [-0.4, -0.2) is 25.1 Å². The van der Waals surface area contributed by atoms with E-state index in [0.29, 0.717) is 0 Å². The summed E-state index contributed by atoms with van der Waals surface area (Å²) < 4.78 is 0. The SMILES string of the molecule is O=CC(C=O)=C(C=O)C=O. The van der Waals surface area contributed by atoms with Crippen LogP contribution in [0.25, 0.3) is 0 Å². The molecule has 0 unspecified atom stereocenters. The van der Waals surface area contributed by atoms with Crippen molar-refractivity contribution in [1.29, 1.82) is 0 Å². The second kappa shape index (κ2) is 4.31. The standard InChI is InChI=1S/C6H4O4/c7-1-5(2-8)6(3-9)4-10/h1-4H. The molecule has 4 heteroatoms. The minimum atomic E-state index is -0.426. The molecule has 0 heterocycles. The summed E-state index contributed by atoms with van der Waals surface area (Å²) in [5, 5.41) is 0. The number of carbonyl (C=O) groups excluding carboxylic acids is 4. The fraction of sp³-hybridized carbons (Fsp3) is 0. The van der Waals surface area contributed by atoms with E-state index in [0.717, 1.165) is 0 Å². The molecule has 0 fully saturated rings. The molecule has 0 rings (SSSR count). The molecule has 0 saturated heterocycles. The molecule has 0 atom stereocenters. The second-order valence-corrected chi connectivity index (χ2v) is 1.38. The predicted molar refractivity (Wildman–Crippen MR) is 31.3 cm³/mol. The van der Waals surface area contributed by atoms with Crippen molar-refractivity contribution in [2.24, 2.45) is 0 Å². The highest BCUT2D eigenvalue weighted by Crippen LogP contribution is 1.90. The smallest absolute Gasteiger partial charge is 0.154 e. The molecule has 0 saturated carbocycles. The molecule has 0 amide bonds. The van der Waals surface area contributed by atoms with Crippen LogP contribution < -0.4 is 0 Å². The van der Waals surface area contributed by atoms with E-state index in [-0.39, 0.29) is 25.1 Å². The van der Waals surface area contributed by atoms with Gasteiger partial charge in [0.1, 0.15) is 0 Å². The summed E-state index contributed by atoms with van der Waals surface area (Å²) in [5.41, 5.74) is -0.852. The third kappa shape index (κ3) is 1.74. The third-order valence-corrected chi connectivity index (χ3v) is 0.841. The van der Waals surface area contributed by atoms with Gasteiger partial charge in [-0.15, -0.1) is 0 Å². The molecule has 0 aliphatic carbocycles. The summed E-state index contributed by atoms with van der Waals surface area (Å²) >= 11 is 0. The van der Waals surface area contributed by atoms with Gasteiger partial charge in [-0.3, -0.25) is 19.2 Å². The van der Waals surface area contributed by atoms with E-state index in [1.807, 2.05) is 0 Å². The van der Waals surface area contributed by atoms with Crippen LogP contribution in [0.2, 0.25) is 0 Å². The van der Waals surface area contributed by atoms with Crippen molar-refractivity contribution in [3.05, 3.63) is 11.1 Å². The van der Waals surface area contributed by atoms with Gasteiger partial charge in [-0.2, -0.15) is 0 Å². The molecule has 0 aromatic carbocycles.